The second-order valence-corrected chi connectivity index (χ2v) is 10.0. The van der Waals surface area contributed by atoms with Gasteiger partial charge in [0, 0.05) is 37.9 Å². The molecular weight excluding hydrogens is 416 g/mol. The quantitative estimate of drug-likeness (QED) is 0.667. The monoisotopic (exact) mass is 450 g/mol. The van der Waals surface area contributed by atoms with Gasteiger partial charge in [0.15, 0.2) is 0 Å². The number of aromatic nitrogens is 2. The van der Waals surface area contributed by atoms with Crippen molar-refractivity contribution in [2.75, 3.05) is 36.5 Å². The number of anilines is 2. The summed E-state index contributed by atoms with van der Waals surface area (Å²) >= 11 is 0. The van der Waals surface area contributed by atoms with E-state index in [2.05, 4.69) is 70.5 Å². The number of carbonyl (C=O) groups excluding carboxylic acids is 1. The molecular formula is C25H34N6O2. The summed E-state index contributed by atoms with van der Waals surface area (Å²) in [5.74, 6) is 1.35. The third-order valence-electron chi connectivity index (χ3n) is 7.10. The Labute approximate surface area is 195 Å². The van der Waals surface area contributed by atoms with E-state index in [4.69, 9.17) is 4.74 Å². The number of ether oxygens (including phenoxy) is 1. The fourth-order valence-corrected chi connectivity index (χ4v) is 4.85. The fraction of sp³-hybridized carbons (Fsp3) is 0.560. The van der Waals surface area contributed by atoms with Crippen molar-refractivity contribution in [1.29, 1.82) is 0 Å². The van der Waals surface area contributed by atoms with E-state index >= 15 is 0 Å². The summed E-state index contributed by atoms with van der Waals surface area (Å²) in [6, 6.07) is 10.6. The third kappa shape index (κ3) is 4.82. The van der Waals surface area contributed by atoms with Gasteiger partial charge in [0.2, 0.25) is 5.95 Å². The van der Waals surface area contributed by atoms with Crippen molar-refractivity contribution in [2.24, 2.45) is 5.92 Å². The van der Waals surface area contributed by atoms with Crippen molar-refractivity contribution < 1.29 is 9.53 Å². The third-order valence-corrected chi connectivity index (χ3v) is 7.10. The average Bonchev–Trinajstić information content (AvgIpc) is 3.41. The van der Waals surface area contributed by atoms with Crippen LogP contribution in [0.2, 0.25) is 0 Å². The van der Waals surface area contributed by atoms with Crippen LogP contribution in [0.25, 0.3) is 0 Å². The van der Waals surface area contributed by atoms with Gasteiger partial charge >= 0.3 is 6.09 Å². The first kappa shape index (κ1) is 22.1. The van der Waals surface area contributed by atoms with Gasteiger partial charge in [-0.3, -0.25) is 9.80 Å². The molecule has 2 atom stereocenters. The van der Waals surface area contributed by atoms with Crippen LogP contribution >= 0.6 is 0 Å². The van der Waals surface area contributed by atoms with Crippen molar-refractivity contribution in [3.8, 4) is 0 Å². The smallest absolute Gasteiger partial charge is 0.415 e. The van der Waals surface area contributed by atoms with Gasteiger partial charge in [-0.15, -0.1) is 0 Å². The number of hydrogen-bond donors (Lipinski definition) is 2. The molecule has 0 bridgehead atoms. The van der Waals surface area contributed by atoms with Crippen LogP contribution in [-0.2, 0) is 11.3 Å². The number of nitrogens with one attached hydrogen (secondary N) is 2. The Morgan fingerprint density at radius 1 is 1.21 bits per heavy atom. The van der Waals surface area contributed by atoms with Crippen LogP contribution in [-0.4, -0.2) is 58.8 Å². The Balaban J connectivity index is 1.22. The van der Waals surface area contributed by atoms with Crippen molar-refractivity contribution in [2.45, 2.75) is 57.8 Å². The van der Waals surface area contributed by atoms with Crippen molar-refractivity contribution >= 4 is 17.9 Å². The van der Waals surface area contributed by atoms with Gasteiger partial charge in [-0.1, -0.05) is 38.1 Å². The van der Waals surface area contributed by atoms with Crippen LogP contribution in [0.1, 0.15) is 50.8 Å². The van der Waals surface area contributed by atoms with Gasteiger partial charge in [-0.25, -0.2) is 9.78 Å². The van der Waals surface area contributed by atoms with E-state index in [1.807, 2.05) is 0 Å². The average molecular weight is 451 g/mol. The lowest BCUT2D eigenvalue weighted by Crippen LogP contribution is -2.51. The van der Waals surface area contributed by atoms with E-state index < -0.39 is 0 Å². The van der Waals surface area contributed by atoms with Gasteiger partial charge in [0.1, 0.15) is 12.4 Å². The van der Waals surface area contributed by atoms with Gasteiger partial charge < -0.3 is 15.4 Å². The summed E-state index contributed by atoms with van der Waals surface area (Å²) < 4.78 is 5.26. The SMILES string of the molecule is CC(C)C1COC(=O)N1c1ccnc(N[C@@H](C)c2ccc(CN3CCNC4(CC4)C3)cc2)n1. The molecule has 1 spiro atoms. The van der Waals surface area contributed by atoms with E-state index in [9.17, 15) is 4.79 Å². The highest BCUT2D eigenvalue weighted by Crippen LogP contribution is 2.37. The maximum Gasteiger partial charge on any atom is 0.415 e. The molecule has 33 heavy (non-hydrogen) atoms. The Morgan fingerprint density at radius 2 is 2.00 bits per heavy atom. The molecule has 2 saturated heterocycles. The maximum atomic E-state index is 12.3. The number of cyclic esters (lactones) is 1. The molecule has 3 aliphatic rings. The number of nitrogens with zero attached hydrogens (tertiary/aromatic N) is 4. The van der Waals surface area contributed by atoms with Crippen molar-refractivity contribution in [1.82, 2.24) is 20.2 Å². The first-order valence-electron chi connectivity index (χ1n) is 12.0. The molecule has 2 aliphatic heterocycles. The predicted molar refractivity (Wildman–Crippen MR) is 128 cm³/mol. The van der Waals surface area contributed by atoms with Crippen LogP contribution < -0.4 is 15.5 Å². The normalized spacial score (nSPS) is 23.1. The molecule has 2 aromatic rings. The zero-order valence-corrected chi connectivity index (χ0v) is 19.8. The minimum absolute atomic E-state index is 0.0179. The van der Waals surface area contributed by atoms with E-state index in [1.165, 1.54) is 24.0 Å². The molecule has 8 nitrogen and oxygen atoms in total. The molecule has 8 heteroatoms. The summed E-state index contributed by atoms with van der Waals surface area (Å²) in [5.41, 5.74) is 2.92. The zero-order chi connectivity index (χ0) is 23.0. The summed E-state index contributed by atoms with van der Waals surface area (Å²) in [6.45, 7) is 11.0. The molecule has 3 fully saturated rings. The summed E-state index contributed by atoms with van der Waals surface area (Å²) in [7, 11) is 0. The molecule has 1 unspecified atom stereocenters. The highest BCUT2D eigenvalue weighted by molar-refractivity contribution is 5.89. The minimum Gasteiger partial charge on any atom is -0.447 e. The number of benzene rings is 1. The standard InChI is InChI=1S/C25H34N6O2/c1-17(2)21-15-33-24(32)31(21)22-8-11-26-23(29-22)28-18(3)20-6-4-19(5-7-20)14-30-13-12-27-25(16-30)9-10-25/h4-8,11,17-18,21,27H,9-10,12-16H2,1-3H3,(H,26,28,29)/t18-,21?/m0/s1. The molecule has 0 radical (unpaired) electrons. The Kier molecular flexibility index (Phi) is 5.97. The highest BCUT2D eigenvalue weighted by Gasteiger charge is 2.45. The lowest BCUT2D eigenvalue weighted by molar-refractivity contribution is 0.177. The number of piperazine rings is 1. The minimum atomic E-state index is -0.348. The second-order valence-electron chi connectivity index (χ2n) is 10.0. The molecule has 1 aromatic carbocycles. The fourth-order valence-electron chi connectivity index (χ4n) is 4.85. The highest BCUT2D eigenvalue weighted by atomic mass is 16.6. The molecule has 1 amide bonds. The number of rotatable bonds is 7. The Hall–Kier alpha value is -2.71. The van der Waals surface area contributed by atoms with Crippen LogP contribution in [0, 0.1) is 5.92 Å². The molecule has 3 heterocycles. The molecule has 1 saturated carbocycles. The zero-order valence-electron chi connectivity index (χ0n) is 19.8. The van der Waals surface area contributed by atoms with Crippen LogP contribution in [0.5, 0.6) is 0 Å². The molecule has 176 valence electrons. The Morgan fingerprint density at radius 3 is 2.73 bits per heavy atom. The van der Waals surface area contributed by atoms with Crippen molar-refractivity contribution in [3.63, 3.8) is 0 Å². The summed E-state index contributed by atoms with van der Waals surface area (Å²) in [4.78, 5) is 25.5. The predicted octanol–water partition coefficient (Wildman–Crippen LogP) is 3.57. The van der Waals surface area contributed by atoms with E-state index in [0.29, 0.717) is 23.9 Å². The molecule has 1 aromatic heterocycles. The molecule has 1 aliphatic carbocycles. The van der Waals surface area contributed by atoms with E-state index in [1.54, 1.807) is 17.2 Å². The molecule has 2 N–H and O–H groups in total. The van der Waals surface area contributed by atoms with Crippen LogP contribution in [0.3, 0.4) is 0 Å². The molecule has 5 rings (SSSR count). The summed E-state index contributed by atoms with van der Waals surface area (Å²) in [5, 5.41) is 7.06. The number of amides is 1. The first-order chi connectivity index (χ1) is 15.9. The first-order valence-corrected chi connectivity index (χ1v) is 12.0. The Bertz CT molecular complexity index is 991. The lowest BCUT2D eigenvalue weighted by Gasteiger charge is -2.34. The van der Waals surface area contributed by atoms with Gasteiger partial charge in [-0.2, -0.15) is 4.98 Å². The number of hydrogen-bond acceptors (Lipinski definition) is 7. The second kappa shape index (κ2) is 8.91. The lowest BCUT2D eigenvalue weighted by atomic mass is 10.0. The van der Waals surface area contributed by atoms with Crippen LogP contribution in [0.4, 0.5) is 16.6 Å². The number of carbonyl (C=O) groups is 1. The maximum absolute atomic E-state index is 12.3. The van der Waals surface area contributed by atoms with E-state index in [-0.39, 0.29) is 24.1 Å². The summed E-state index contributed by atoms with van der Waals surface area (Å²) in [6.07, 6.45) is 3.96. The van der Waals surface area contributed by atoms with Crippen LogP contribution in [0.15, 0.2) is 36.5 Å². The van der Waals surface area contributed by atoms with Gasteiger partial charge in [-0.05, 0) is 42.9 Å². The van der Waals surface area contributed by atoms with Gasteiger partial charge in [0.25, 0.3) is 0 Å². The topological polar surface area (TPSA) is 82.6 Å². The van der Waals surface area contributed by atoms with Crippen molar-refractivity contribution in [3.05, 3.63) is 47.7 Å². The van der Waals surface area contributed by atoms with E-state index in [0.717, 1.165) is 26.2 Å². The van der Waals surface area contributed by atoms with Gasteiger partial charge in [0.05, 0.1) is 12.1 Å². The largest absolute Gasteiger partial charge is 0.447 e.